The summed E-state index contributed by atoms with van der Waals surface area (Å²) in [6, 6.07) is 13.1. The van der Waals surface area contributed by atoms with Gasteiger partial charge in [0, 0.05) is 18.7 Å². The Kier molecular flexibility index (Phi) is 5.82. The van der Waals surface area contributed by atoms with Gasteiger partial charge in [-0.15, -0.1) is 0 Å². The molecule has 0 atom stereocenters. The molecular weight excluding hydrogens is 336 g/mol. The largest absolute Gasteiger partial charge is 0.492 e. The molecule has 5 heteroatoms. The Labute approximate surface area is 153 Å². The monoisotopic (exact) mass is 358 g/mol. The minimum atomic E-state index is -0.172. The van der Waals surface area contributed by atoms with Crippen molar-refractivity contribution < 1.29 is 9.53 Å². The predicted octanol–water partition coefficient (Wildman–Crippen LogP) is 4.98. The minimum Gasteiger partial charge on any atom is -0.492 e. The average Bonchev–Trinajstić information content (AvgIpc) is 2.64. The lowest BCUT2D eigenvalue weighted by molar-refractivity contribution is 0.102. The van der Waals surface area contributed by atoms with E-state index in [-0.39, 0.29) is 5.91 Å². The predicted molar refractivity (Wildman–Crippen MR) is 103 cm³/mol. The van der Waals surface area contributed by atoms with Gasteiger partial charge >= 0.3 is 0 Å². The number of nitrogens with zero attached hydrogens (tertiary/aromatic N) is 1. The van der Waals surface area contributed by atoms with Gasteiger partial charge in [0.25, 0.3) is 5.91 Å². The fraction of sp³-hybridized carbons (Fsp3) is 0.350. The number of carbonyl (C=O) groups excluding carboxylic acids is 1. The van der Waals surface area contributed by atoms with Crippen molar-refractivity contribution in [2.45, 2.75) is 26.2 Å². The number of nitrogens with one attached hydrogen (secondary N) is 1. The number of hydrogen-bond acceptors (Lipinski definition) is 3. The lowest BCUT2D eigenvalue weighted by Gasteiger charge is -2.30. The third-order valence-electron chi connectivity index (χ3n) is 4.34. The Morgan fingerprint density at radius 1 is 1.16 bits per heavy atom. The Bertz CT molecular complexity index is 742. The van der Waals surface area contributed by atoms with Crippen LogP contribution in [0.3, 0.4) is 0 Å². The molecule has 0 bridgehead atoms. The van der Waals surface area contributed by atoms with E-state index >= 15 is 0 Å². The highest BCUT2D eigenvalue weighted by Crippen LogP contribution is 2.30. The van der Waals surface area contributed by atoms with Crippen LogP contribution in [0.2, 0.25) is 5.02 Å². The third-order valence-corrected chi connectivity index (χ3v) is 4.64. The van der Waals surface area contributed by atoms with Crippen LogP contribution in [0.25, 0.3) is 0 Å². The normalized spacial score (nSPS) is 14.2. The molecule has 2 aromatic carbocycles. The Morgan fingerprint density at radius 3 is 2.64 bits per heavy atom. The van der Waals surface area contributed by atoms with E-state index in [4.69, 9.17) is 16.3 Å². The molecule has 0 saturated carbocycles. The number of anilines is 2. The minimum absolute atomic E-state index is 0.172. The van der Waals surface area contributed by atoms with E-state index in [1.54, 1.807) is 18.2 Å². The van der Waals surface area contributed by atoms with Gasteiger partial charge in [0.2, 0.25) is 0 Å². The topological polar surface area (TPSA) is 41.6 Å². The van der Waals surface area contributed by atoms with Gasteiger partial charge in [0.05, 0.1) is 23.0 Å². The van der Waals surface area contributed by atoms with Crippen LogP contribution in [0.5, 0.6) is 5.75 Å². The van der Waals surface area contributed by atoms with Crippen LogP contribution in [0.15, 0.2) is 42.5 Å². The summed E-state index contributed by atoms with van der Waals surface area (Å²) >= 11 is 6.20. The molecule has 1 amide bonds. The van der Waals surface area contributed by atoms with E-state index in [2.05, 4.69) is 16.3 Å². The lowest BCUT2D eigenvalue weighted by Crippen LogP contribution is -2.30. The number of rotatable bonds is 5. The van der Waals surface area contributed by atoms with Gasteiger partial charge in [0.15, 0.2) is 0 Å². The summed E-state index contributed by atoms with van der Waals surface area (Å²) in [6.45, 7) is 4.49. The highest BCUT2D eigenvalue weighted by molar-refractivity contribution is 6.32. The third kappa shape index (κ3) is 4.26. The van der Waals surface area contributed by atoms with E-state index in [0.29, 0.717) is 22.9 Å². The number of ether oxygens (including phenoxy) is 1. The van der Waals surface area contributed by atoms with Crippen molar-refractivity contribution in [3.05, 3.63) is 53.1 Å². The number of piperidine rings is 1. The van der Waals surface area contributed by atoms with Gasteiger partial charge in [-0.2, -0.15) is 0 Å². The first kappa shape index (κ1) is 17.6. The van der Waals surface area contributed by atoms with E-state index in [1.165, 1.54) is 19.3 Å². The number of hydrogen-bond donors (Lipinski definition) is 1. The molecule has 0 aromatic heterocycles. The second-order valence-electron chi connectivity index (χ2n) is 6.10. The second-order valence-corrected chi connectivity index (χ2v) is 6.50. The van der Waals surface area contributed by atoms with Gasteiger partial charge in [-0.3, -0.25) is 4.79 Å². The summed E-state index contributed by atoms with van der Waals surface area (Å²) < 4.78 is 5.42. The standard InChI is InChI=1S/C20H23ClN2O2/c1-2-25-19-11-10-15(14-16(19)21)20(24)22-17-8-4-5-9-18(17)23-12-6-3-7-13-23/h4-5,8-11,14H,2-3,6-7,12-13H2,1H3,(H,22,24). The first-order valence-electron chi connectivity index (χ1n) is 8.76. The van der Waals surface area contributed by atoms with Crippen LogP contribution < -0.4 is 15.0 Å². The summed E-state index contributed by atoms with van der Waals surface area (Å²) in [4.78, 5) is 15.0. The molecule has 4 nitrogen and oxygen atoms in total. The maximum atomic E-state index is 12.6. The summed E-state index contributed by atoms with van der Waals surface area (Å²) in [7, 11) is 0. The van der Waals surface area contributed by atoms with E-state index in [1.807, 2.05) is 25.1 Å². The summed E-state index contributed by atoms with van der Waals surface area (Å²) in [6.07, 6.45) is 3.66. The molecule has 0 spiro atoms. The van der Waals surface area contributed by atoms with Crippen molar-refractivity contribution in [1.29, 1.82) is 0 Å². The van der Waals surface area contributed by atoms with Gasteiger partial charge in [-0.1, -0.05) is 23.7 Å². The molecule has 132 valence electrons. The molecule has 1 N–H and O–H groups in total. The molecule has 3 rings (SSSR count). The quantitative estimate of drug-likeness (QED) is 0.819. The summed E-state index contributed by atoms with van der Waals surface area (Å²) in [5, 5.41) is 3.47. The van der Waals surface area contributed by atoms with Crippen LogP contribution in [0.4, 0.5) is 11.4 Å². The summed E-state index contributed by atoms with van der Waals surface area (Å²) in [5.41, 5.74) is 2.42. The van der Waals surface area contributed by atoms with Crippen molar-refractivity contribution in [2.24, 2.45) is 0 Å². The zero-order valence-electron chi connectivity index (χ0n) is 14.4. The molecule has 2 aromatic rings. The Balaban J connectivity index is 1.78. The highest BCUT2D eigenvalue weighted by atomic mass is 35.5. The van der Waals surface area contributed by atoms with E-state index in [0.717, 1.165) is 24.5 Å². The van der Waals surface area contributed by atoms with Crippen molar-refractivity contribution in [2.75, 3.05) is 29.9 Å². The molecule has 0 aliphatic carbocycles. The van der Waals surface area contributed by atoms with Crippen LogP contribution in [0.1, 0.15) is 36.5 Å². The SMILES string of the molecule is CCOc1ccc(C(=O)Nc2ccccc2N2CCCCC2)cc1Cl. The molecule has 1 aliphatic heterocycles. The first-order valence-corrected chi connectivity index (χ1v) is 9.14. The molecular formula is C20H23ClN2O2. The number of carbonyl (C=O) groups is 1. The smallest absolute Gasteiger partial charge is 0.255 e. The molecule has 1 fully saturated rings. The molecule has 0 radical (unpaired) electrons. The van der Waals surface area contributed by atoms with Gasteiger partial charge in [0.1, 0.15) is 5.75 Å². The maximum Gasteiger partial charge on any atom is 0.255 e. The molecule has 1 aliphatic rings. The van der Waals surface area contributed by atoms with Gasteiger partial charge < -0.3 is 15.0 Å². The van der Waals surface area contributed by atoms with E-state index < -0.39 is 0 Å². The van der Waals surface area contributed by atoms with Crippen molar-refractivity contribution in [1.82, 2.24) is 0 Å². The van der Waals surface area contributed by atoms with Gasteiger partial charge in [-0.25, -0.2) is 0 Å². The van der Waals surface area contributed by atoms with Crippen molar-refractivity contribution in [3.63, 3.8) is 0 Å². The first-order chi connectivity index (χ1) is 12.2. The lowest BCUT2D eigenvalue weighted by atomic mass is 10.1. The Morgan fingerprint density at radius 2 is 1.92 bits per heavy atom. The number of halogens is 1. The average molecular weight is 359 g/mol. The zero-order valence-corrected chi connectivity index (χ0v) is 15.2. The highest BCUT2D eigenvalue weighted by Gasteiger charge is 2.16. The fourth-order valence-electron chi connectivity index (χ4n) is 3.10. The summed E-state index contributed by atoms with van der Waals surface area (Å²) in [5.74, 6) is 0.420. The fourth-order valence-corrected chi connectivity index (χ4v) is 3.33. The number of benzene rings is 2. The molecule has 0 unspecified atom stereocenters. The van der Waals surface area contributed by atoms with Crippen LogP contribution in [0, 0.1) is 0 Å². The second kappa shape index (κ2) is 8.26. The van der Waals surface area contributed by atoms with Crippen LogP contribution >= 0.6 is 11.6 Å². The van der Waals surface area contributed by atoms with Crippen LogP contribution in [-0.2, 0) is 0 Å². The Hall–Kier alpha value is -2.20. The van der Waals surface area contributed by atoms with Crippen molar-refractivity contribution in [3.8, 4) is 5.75 Å². The number of amides is 1. The van der Waals surface area contributed by atoms with Crippen molar-refractivity contribution >= 4 is 28.9 Å². The van der Waals surface area contributed by atoms with Crippen LogP contribution in [-0.4, -0.2) is 25.6 Å². The van der Waals surface area contributed by atoms with E-state index in [9.17, 15) is 4.79 Å². The maximum absolute atomic E-state index is 12.6. The number of para-hydroxylation sites is 2. The molecule has 25 heavy (non-hydrogen) atoms. The zero-order chi connectivity index (χ0) is 17.6. The van der Waals surface area contributed by atoms with Gasteiger partial charge in [-0.05, 0) is 56.5 Å². The molecule has 1 saturated heterocycles. The molecule has 1 heterocycles.